The molecule has 1 fully saturated rings. The van der Waals surface area contributed by atoms with E-state index in [9.17, 15) is 4.79 Å². The molecule has 0 amide bonds. The van der Waals surface area contributed by atoms with Gasteiger partial charge in [0.15, 0.2) is 0 Å². The van der Waals surface area contributed by atoms with Crippen LogP contribution in [0.1, 0.15) is 37.7 Å². The van der Waals surface area contributed by atoms with Crippen molar-refractivity contribution in [2.75, 3.05) is 6.54 Å². The van der Waals surface area contributed by atoms with Crippen LogP contribution in [0.5, 0.6) is 0 Å². The Morgan fingerprint density at radius 1 is 1.32 bits per heavy atom. The van der Waals surface area contributed by atoms with Crippen LogP contribution in [-0.4, -0.2) is 16.1 Å². The Balaban J connectivity index is 2.11. The molecule has 3 rings (SSSR count). The first-order valence-corrected chi connectivity index (χ1v) is 7.06. The number of nitrogens with two attached hydrogens (primary N) is 1. The quantitative estimate of drug-likeness (QED) is 0.866. The molecule has 4 nitrogen and oxygen atoms in total. The zero-order valence-corrected chi connectivity index (χ0v) is 11.4. The third-order valence-corrected chi connectivity index (χ3v) is 4.72. The Hall–Kier alpha value is -1.55. The van der Waals surface area contributed by atoms with E-state index in [1.54, 1.807) is 11.6 Å². The molecule has 0 aliphatic heterocycles. The van der Waals surface area contributed by atoms with Gasteiger partial charge in [-0.3, -0.25) is 4.57 Å². The minimum absolute atomic E-state index is 0.0578. The molecule has 1 aliphatic carbocycles. The summed E-state index contributed by atoms with van der Waals surface area (Å²) in [4.78, 5) is 14.6. The summed E-state index contributed by atoms with van der Waals surface area (Å²) in [6.07, 6.45) is 6.13. The molecule has 1 aromatic heterocycles. The van der Waals surface area contributed by atoms with Crippen molar-refractivity contribution >= 4 is 11.0 Å². The van der Waals surface area contributed by atoms with Crippen LogP contribution in [0.15, 0.2) is 23.0 Å². The first kappa shape index (κ1) is 12.5. The molecule has 1 saturated carbocycles. The first-order valence-electron chi connectivity index (χ1n) is 7.06. The highest BCUT2D eigenvalue weighted by molar-refractivity contribution is 5.76. The van der Waals surface area contributed by atoms with E-state index < -0.39 is 0 Å². The summed E-state index contributed by atoms with van der Waals surface area (Å²) in [5.74, 6) is 0. The van der Waals surface area contributed by atoms with E-state index in [4.69, 9.17) is 5.73 Å². The van der Waals surface area contributed by atoms with Crippen LogP contribution in [0.25, 0.3) is 11.0 Å². The van der Waals surface area contributed by atoms with Crippen molar-refractivity contribution in [3.05, 3.63) is 34.2 Å². The average molecular weight is 259 g/mol. The van der Waals surface area contributed by atoms with Crippen LogP contribution >= 0.6 is 0 Å². The number of H-pyrrole nitrogens is 1. The summed E-state index contributed by atoms with van der Waals surface area (Å²) in [7, 11) is 1.79. The zero-order chi connectivity index (χ0) is 13.5. The standard InChI is InChI=1S/C15H21N3O/c1-18-13-6-5-11(9-12(13)17-14(18)19)15(10-16)7-3-2-4-8-15/h5-6,9H,2-4,7-8,10,16H2,1H3,(H,17,19). The fraction of sp³-hybridized carbons (Fsp3) is 0.533. The predicted molar refractivity (Wildman–Crippen MR) is 77.4 cm³/mol. The normalized spacial score (nSPS) is 18.8. The summed E-state index contributed by atoms with van der Waals surface area (Å²) < 4.78 is 1.65. The number of aromatic amines is 1. The number of aromatic nitrogens is 2. The van der Waals surface area contributed by atoms with Gasteiger partial charge >= 0.3 is 5.69 Å². The van der Waals surface area contributed by atoms with Gasteiger partial charge < -0.3 is 10.7 Å². The van der Waals surface area contributed by atoms with Crippen molar-refractivity contribution in [2.45, 2.75) is 37.5 Å². The van der Waals surface area contributed by atoms with Crippen LogP contribution in [0.4, 0.5) is 0 Å². The Morgan fingerprint density at radius 2 is 2.05 bits per heavy atom. The van der Waals surface area contributed by atoms with Crippen LogP contribution in [-0.2, 0) is 12.5 Å². The third kappa shape index (κ3) is 1.91. The Bertz CT molecular complexity index is 647. The molecule has 102 valence electrons. The number of fused-ring (bicyclic) bond motifs is 1. The Kier molecular flexibility index (Phi) is 2.97. The smallest absolute Gasteiger partial charge is 0.326 e. The SMILES string of the molecule is Cn1c(=O)[nH]c2cc(C3(CN)CCCCC3)ccc21. The highest BCUT2D eigenvalue weighted by Gasteiger charge is 2.32. The Morgan fingerprint density at radius 3 is 2.74 bits per heavy atom. The highest BCUT2D eigenvalue weighted by Crippen LogP contribution is 2.39. The molecule has 0 saturated heterocycles. The number of benzene rings is 1. The van der Waals surface area contributed by atoms with Crippen LogP contribution in [0, 0.1) is 0 Å². The molecule has 1 aromatic carbocycles. The molecule has 0 spiro atoms. The lowest BCUT2D eigenvalue weighted by molar-refractivity contribution is 0.301. The predicted octanol–water partition coefficient (Wildman–Crippen LogP) is 2.03. The number of nitrogens with zero attached hydrogens (tertiary/aromatic N) is 1. The fourth-order valence-corrected chi connectivity index (χ4v) is 3.41. The molecule has 1 heterocycles. The first-order chi connectivity index (χ1) is 9.16. The summed E-state index contributed by atoms with van der Waals surface area (Å²) >= 11 is 0. The van der Waals surface area contributed by atoms with Gasteiger partial charge in [0.25, 0.3) is 0 Å². The number of hydrogen-bond donors (Lipinski definition) is 2. The van der Waals surface area contributed by atoms with Crippen LogP contribution < -0.4 is 11.4 Å². The van der Waals surface area contributed by atoms with E-state index in [-0.39, 0.29) is 11.1 Å². The van der Waals surface area contributed by atoms with Gasteiger partial charge in [-0.05, 0) is 30.5 Å². The summed E-state index contributed by atoms with van der Waals surface area (Å²) in [5, 5.41) is 0. The molecular weight excluding hydrogens is 238 g/mol. The summed E-state index contributed by atoms with van der Waals surface area (Å²) in [6, 6.07) is 6.30. The molecular formula is C15H21N3O. The third-order valence-electron chi connectivity index (χ3n) is 4.72. The van der Waals surface area contributed by atoms with E-state index in [0.717, 1.165) is 23.9 Å². The van der Waals surface area contributed by atoms with E-state index in [1.165, 1.54) is 24.8 Å². The molecule has 0 radical (unpaired) electrons. The van der Waals surface area contributed by atoms with Gasteiger partial charge in [0, 0.05) is 19.0 Å². The summed E-state index contributed by atoms with van der Waals surface area (Å²) in [6.45, 7) is 0.690. The van der Waals surface area contributed by atoms with Gasteiger partial charge in [0.05, 0.1) is 11.0 Å². The fourth-order valence-electron chi connectivity index (χ4n) is 3.41. The van der Waals surface area contributed by atoms with Crippen molar-refractivity contribution in [3.63, 3.8) is 0 Å². The van der Waals surface area contributed by atoms with Gasteiger partial charge in [-0.2, -0.15) is 0 Å². The highest BCUT2D eigenvalue weighted by atomic mass is 16.1. The van der Waals surface area contributed by atoms with E-state index in [0.29, 0.717) is 6.54 Å². The molecule has 0 bridgehead atoms. The zero-order valence-electron chi connectivity index (χ0n) is 11.4. The van der Waals surface area contributed by atoms with E-state index in [2.05, 4.69) is 17.1 Å². The minimum Gasteiger partial charge on any atom is -0.330 e. The van der Waals surface area contributed by atoms with Gasteiger partial charge in [0.2, 0.25) is 0 Å². The van der Waals surface area contributed by atoms with Gasteiger partial charge in [-0.1, -0.05) is 25.3 Å². The molecule has 2 aromatic rings. The topological polar surface area (TPSA) is 63.8 Å². The summed E-state index contributed by atoms with van der Waals surface area (Å²) in [5.41, 5.74) is 9.28. The lowest BCUT2D eigenvalue weighted by Crippen LogP contribution is -2.37. The second kappa shape index (κ2) is 4.53. The molecule has 19 heavy (non-hydrogen) atoms. The maximum absolute atomic E-state index is 11.7. The molecule has 4 heteroatoms. The van der Waals surface area contributed by atoms with E-state index in [1.807, 2.05) is 6.07 Å². The van der Waals surface area contributed by atoms with Crippen LogP contribution in [0.2, 0.25) is 0 Å². The number of nitrogens with one attached hydrogen (secondary N) is 1. The molecule has 3 N–H and O–H groups in total. The van der Waals surface area contributed by atoms with Crippen molar-refractivity contribution in [2.24, 2.45) is 12.8 Å². The van der Waals surface area contributed by atoms with Crippen molar-refractivity contribution in [1.82, 2.24) is 9.55 Å². The average Bonchev–Trinajstić information content (AvgIpc) is 2.74. The van der Waals surface area contributed by atoms with Gasteiger partial charge in [-0.15, -0.1) is 0 Å². The molecule has 0 atom stereocenters. The second-order valence-electron chi connectivity index (χ2n) is 5.77. The van der Waals surface area contributed by atoms with E-state index >= 15 is 0 Å². The maximum Gasteiger partial charge on any atom is 0.326 e. The maximum atomic E-state index is 11.7. The minimum atomic E-state index is -0.0578. The second-order valence-corrected chi connectivity index (χ2v) is 5.77. The lowest BCUT2D eigenvalue weighted by atomic mass is 9.69. The van der Waals surface area contributed by atoms with Crippen LogP contribution in [0.3, 0.4) is 0 Å². The number of rotatable bonds is 2. The van der Waals surface area contributed by atoms with Crippen molar-refractivity contribution in [3.8, 4) is 0 Å². The number of aryl methyl sites for hydroxylation is 1. The lowest BCUT2D eigenvalue weighted by Gasteiger charge is -2.36. The van der Waals surface area contributed by atoms with Crippen molar-refractivity contribution < 1.29 is 0 Å². The van der Waals surface area contributed by atoms with Crippen molar-refractivity contribution in [1.29, 1.82) is 0 Å². The largest absolute Gasteiger partial charge is 0.330 e. The Labute approximate surface area is 112 Å². The monoisotopic (exact) mass is 259 g/mol. The molecule has 1 aliphatic rings. The van der Waals surface area contributed by atoms with Gasteiger partial charge in [0.1, 0.15) is 0 Å². The molecule has 0 unspecified atom stereocenters. The number of imidazole rings is 1. The number of hydrogen-bond acceptors (Lipinski definition) is 2. The van der Waals surface area contributed by atoms with Gasteiger partial charge in [-0.25, -0.2) is 4.79 Å².